The minimum atomic E-state index is -0.771. The van der Waals surface area contributed by atoms with Gasteiger partial charge in [0.15, 0.2) is 5.78 Å². The van der Waals surface area contributed by atoms with Gasteiger partial charge < -0.3 is 9.47 Å². The molecule has 1 aliphatic heterocycles. The number of rotatable bonds is 2. The van der Waals surface area contributed by atoms with E-state index < -0.39 is 18.0 Å². The van der Waals surface area contributed by atoms with Crippen molar-refractivity contribution in [1.82, 2.24) is 0 Å². The highest BCUT2D eigenvalue weighted by Crippen LogP contribution is 2.34. The quantitative estimate of drug-likeness (QED) is 0.461. The van der Waals surface area contributed by atoms with Gasteiger partial charge >= 0.3 is 5.97 Å². The smallest absolute Gasteiger partial charge is 0.308 e. The predicted molar refractivity (Wildman–Crippen MR) is 66.3 cm³/mol. The van der Waals surface area contributed by atoms with Crippen LogP contribution in [-0.2, 0) is 9.59 Å². The molecular formula is C14H14O5. The lowest BCUT2D eigenvalue weighted by Crippen LogP contribution is -2.39. The van der Waals surface area contributed by atoms with Gasteiger partial charge in [-0.15, -0.1) is 0 Å². The third kappa shape index (κ3) is 2.50. The van der Waals surface area contributed by atoms with E-state index in [9.17, 15) is 14.4 Å². The number of esters is 1. The van der Waals surface area contributed by atoms with Crippen molar-refractivity contribution >= 4 is 17.5 Å². The van der Waals surface area contributed by atoms with E-state index in [-0.39, 0.29) is 11.6 Å². The summed E-state index contributed by atoms with van der Waals surface area (Å²) in [6.45, 7) is 4.34. The predicted octanol–water partition coefficient (Wildman–Crippen LogP) is 1.78. The number of ether oxygens (including phenoxy) is 2. The second-order valence-corrected chi connectivity index (χ2v) is 4.53. The monoisotopic (exact) mass is 262 g/mol. The van der Waals surface area contributed by atoms with Crippen molar-refractivity contribution in [3.05, 3.63) is 23.8 Å². The molecule has 0 spiro atoms. The summed E-state index contributed by atoms with van der Waals surface area (Å²) in [5.74, 6) is -1.03. The maximum atomic E-state index is 12.2. The van der Waals surface area contributed by atoms with Crippen LogP contribution < -0.4 is 9.47 Å². The third-order valence-electron chi connectivity index (χ3n) is 2.98. The highest BCUT2D eigenvalue weighted by Gasteiger charge is 2.37. The zero-order valence-electron chi connectivity index (χ0n) is 10.9. The van der Waals surface area contributed by atoms with Gasteiger partial charge in [0.05, 0.1) is 5.56 Å². The molecule has 1 aromatic carbocycles. The zero-order chi connectivity index (χ0) is 14.2. The summed E-state index contributed by atoms with van der Waals surface area (Å²) in [5, 5.41) is 0. The van der Waals surface area contributed by atoms with Gasteiger partial charge in [0.1, 0.15) is 29.3 Å². The molecule has 5 heteroatoms. The molecule has 2 rings (SSSR count). The van der Waals surface area contributed by atoms with Crippen molar-refractivity contribution in [2.45, 2.75) is 26.9 Å². The molecule has 0 aliphatic carbocycles. The van der Waals surface area contributed by atoms with Crippen LogP contribution in [0.25, 0.3) is 0 Å². The molecule has 2 atom stereocenters. The Hall–Kier alpha value is -2.17. The Balaban J connectivity index is 2.38. The van der Waals surface area contributed by atoms with E-state index in [1.165, 1.54) is 32.0 Å². The number of Topliss-reactive ketones (excluding diaryl/α,β-unsaturated/α-hetero) is 2. The molecule has 0 unspecified atom stereocenters. The van der Waals surface area contributed by atoms with Gasteiger partial charge in [-0.2, -0.15) is 0 Å². The Bertz CT molecular complexity index is 561. The van der Waals surface area contributed by atoms with Crippen molar-refractivity contribution in [3.8, 4) is 11.5 Å². The van der Waals surface area contributed by atoms with E-state index in [0.717, 1.165) is 0 Å². The van der Waals surface area contributed by atoms with Crippen LogP contribution >= 0.6 is 0 Å². The topological polar surface area (TPSA) is 69.7 Å². The second kappa shape index (κ2) is 4.84. The average Bonchev–Trinajstić information content (AvgIpc) is 2.26. The fourth-order valence-electron chi connectivity index (χ4n) is 2.20. The number of benzene rings is 1. The van der Waals surface area contributed by atoms with Gasteiger partial charge in [0.25, 0.3) is 0 Å². The molecule has 1 aromatic rings. The van der Waals surface area contributed by atoms with E-state index >= 15 is 0 Å². The van der Waals surface area contributed by atoms with Gasteiger partial charge in [-0.3, -0.25) is 14.4 Å². The number of ketones is 2. The number of hydrogen-bond donors (Lipinski definition) is 0. The summed E-state index contributed by atoms with van der Waals surface area (Å²) < 4.78 is 10.5. The first-order valence-electron chi connectivity index (χ1n) is 5.94. The molecule has 5 nitrogen and oxygen atoms in total. The van der Waals surface area contributed by atoms with E-state index in [1.54, 1.807) is 6.92 Å². The lowest BCUT2D eigenvalue weighted by molar-refractivity contribution is -0.131. The summed E-state index contributed by atoms with van der Waals surface area (Å²) in [6, 6.07) is 4.51. The Labute approximate surface area is 110 Å². The third-order valence-corrected chi connectivity index (χ3v) is 2.98. The molecule has 0 N–H and O–H groups in total. The molecule has 0 aromatic heterocycles. The fraction of sp³-hybridized carbons (Fsp3) is 0.357. The lowest BCUT2D eigenvalue weighted by Gasteiger charge is -2.28. The van der Waals surface area contributed by atoms with Gasteiger partial charge in [-0.25, -0.2) is 0 Å². The summed E-state index contributed by atoms with van der Waals surface area (Å²) in [5.41, 5.74) is 0.342. The Morgan fingerprint density at radius 3 is 2.53 bits per heavy atom. The highest BCUT2D eigenvalue weighted by atomic mass is 16.5. The maximum Gasteiger partial charge on any atom is 0.308 e. The molecular weight excluding hydrogens is 248 g/mol. The minimum Gasteiger partial charge on any atom is -0.489 e. The van der Waals surface area contributed by atoms with Crippen molar-refractivity contribution in [3.63, 3.8) is 0 Å². The van der Waals surface area contributed by atoms with Crippen LogP contribution in [0.15, 0.2) is 18.2 Å². The van der Waals surface area contributed by atoms with Crippen LogP contribution in [0.1, 0.15) is 31.1 Å². The molecule has 0 fully saturated rings. The lowest BCUT2D eigenvalue weighted by atomic mass is 9.87. The average molecular weight is 262 g/mol. The van der Waals surface area contributed by atoms with Crippen LogP contribution in [0, 0.1) is 5.92 Å². The first-order chi connectivity index (χ1) is 8.90. The number of carbonyl (C=O) groups excluding carboxylic acids is 3. The Morgan fingerprint density at radius 2 is 1.95 bits per heavy atom. The first-order valence-corrected chi connectivity index (χ1v) is 5.94. The second-order valence-electron chi connectivity index (χ2n) is 4.53. The molecule has 0 radical (unpaired) electrons. The van der Waals surface area contributed by atoms with E-state index in [2.05, 4.69) is 0 Å². The highest BCUT2D eigenvalue weighted by molar-refractivity contribution is 6.12. The molecule has 19 heavy (non-hydrogen) atoms. The standard InChI is InChI=1S/C14H14O5/c1-7(15)13-8(2)18-12-6-10(19-9(3)16)4-5-11(12)14(13)17/h4-6,8,13H,1-3H3/t8-,13-/m1/s1. The molecule has 0 saturated heterocycles. The maximum absolute atomic E-state index is 12.2. The molecule has 100 valence electrons. The molecule has 0 bridgehead atoms. The van der Waals surface area contributed by atoms with E-state index in [1.807, 2.05) is 0 Å². The van der Waals surface area contributed by atoms with Crippen LogP contribution in [0.2, 0.25) is 0 Å². The molecule has 1 aliphatic rings. The normalized spacial score (nSPS) is 21.3. The summed E-state index contributed by atoms with van der Waals surface area (Å²) in [6.07, 6.45) is -0.523. The van der Waals surface area contributed by atoms with Gasteiger partial charge in [0, 0.05) is 13.0 Å². The van der Waals surface area contributed by atoms with Crippen molar-refractivity contribution in [2.24, 2.45) is 5.92 Å². The first kappa shape index (κ1) is 13.3. The minimum absolute atomic E-state index is 0.216. The van der Waals surface area contributed by atoms with Crippen molar-refractivity contribution in [1.29, 1.82) is 0 Å². The van der Waals surface area contributed by atoms with Gasteiger partial charge in [-0.1, -0.05) is 0 Å². The largest absolute Gasteiger partial charge is 0.489 e. The summed E-state index contributed by atoms with van der Waals surface area (Å²) in [4.78, 5) is 34.5. The summed E-state index contributed by atoms with van der Waals surface area (Å²) >= 11 is 0. The van der Waals surface area contributed by atoms with Crippen LogP contribution in [0.4, 0.5) is 0 Å². The SMILES string of the molecule is CC(=O)Oc1ccc2c(c1)O[C@H](C)[C@@H](C(C)=O)C2=O. The van der Waals surface area contributed by atoms with Crippen LogP contribution in [-0.4, -0.2) is 23.6 Å². The van der Waals surface area contributed by atoms with E-state index in [4.69, 9.17) is 9.47 Å². The van der Waals surface area contributed by atoms with Crippen molar-refractivity contribution in [2.75, 3.05) is 0 Å². The Kier molecular flexibility index (Phi) is 3.38. The Morgan fingerprint density at radius 1 is 1.26 bits per heavy atom. The van der Waals surface area contributed by atoms with Crippen LogP contribution in [0.5, 0.6) is 11.5 Å². The van der Waals surface area contributed by atoms with Crippen molar-refractivity contribution < 1.29 is 23.9 Å². The van der Waals surface area contributed by atoms with Gasteiger partial charge in [-0.05, 0) is 26.0 Å². The molecule has 1 heterocycles. The number of hydrogen-bond acceptors (Lipinski definition) is 5. The number of fused-ring (bicyclic) bond motifs is 1. The van der Waals surface area contributed by atoms with Crippen LogP contribution in [0.3, 0.4) is 0 Å². The molecule has 0 amide bonds. The van der Waals surface area contributed by atoms with E-state index in [0.29, 0.717) is 17.1 Å². The van der Waals surface area contributed by atoms with Gasteiger partial charge in [0.2, 0.25) is 0 Å². The zero-order valence-corrected chi connectivity index (χ0v) is 10.9. The fourth-order valence-corrected chi connectivity index (χ4v) is 2.20. The number of carbonyl (C=O) groups is 3. The molecule has 0 saturated carbocycles. The summed E-state index contributed by atoms with van der Waals surface area (Å²) in [7, 11) is 0.